The molecule has 2 N–H and O–H groups in total. The molecule has 0 radical (unpaired) electrons. The second-order valence-corrected chi connectivity index (χ2v) is 6.22. The first-order valence-corrected chi connectivity index (χ1v) is 8.63. The summed E-state index contributed by atoms with van der Waals surface area (Å²) in [6.45, 7) is 4.64. The summed E-state index contributed by atoms with van der Waals surface area (Å²) < 4.78 is 7.08. The van der Waals surface area contributed by atoms with Crippen LogP contribution in [0.25, 0.3) is 21.8 Å². The predicted molar refractivity (Wildman–Crippen MR) is 104 cm³/mol. The number of nitrogens with one attached hydrogen (secondary N) is 2. The van der Waals surface area contributed by atoms with Crippen LogP contribution < -0.4 is 10.6 Å². The lowest BCUT2D eigenvalue weighted by Gasteiger charge is -2.06. The van der Waals surface area contributed by atoms with Crippen molar-refractivity contribution in [2.45, 2.75) is 20.4 Å². The molecule has 0 aliphatic rings. The zero-order chi connectivity index (χ0) is 19.0. The first-order chi connectivity index (χ1) is 13.1. The van der Waals surface area contributed by atoms with Gasteiger partial charge in [0.15, 0.2) is 5.82 Å². The molecule has 0 atom stereocenters. The molecule has 7 heteroatoms. The first kappa shape index (κ1) is 16.8. The van der Waals surface area contributed by atoms with Crippen molar-refractivity contribution in [2.75, 3.05) is 10.6 Å². The SMILES string of the molecule is CCn1c2ccccc2c2cc(NC(=O)C(=O)Nc3cc(C)on3)ccc21. The van der Waals surface area contributed by atoms with E-state index >= 15 is 0 Å². The summed E-state index contributed by atoms with van der Waals surface area (Å²) in [5.74, 6) is -0.828. The van der Waals surface area contributed by atoms with E-state index < -0.39 is 11.8 Å². The van der Waals surface area contributed by atoms with Gasteiger partial charge in [0.1, 0.15) is 5.76 Å². The summed E-state index contributed by atoms with van der Waals surface area (Å²) in [4.78, 5) is 24.2. The standard InChI is InChI=1S/C20H18N4O3/c1-3-24-16-7-5-4-6-14(16)15-11-13(8-9-17(15)24)21-19(25)20(26)22-18-10-12(2)27-23-18/h4-11H,3H2,1-2H3,(H,21,25)(H,22,23,26). The Labute approximate surface area is 154 Å². The van der Waals surface area contributed by atoms with Gasteiger partial charge >= 0.3 is 11.8 Å². The molecule has 0 aliphatic heterocycles. The van der Waals surface area contributed by atoms with E-state index in [4.69, 9.17) is 4.52 Å². The van der Waals surface area contributed by atoms with E-state index in [2.05, 4.69) is 39.4 Å². The summed E-state index contributed by atoms with van der Waals surface area (Å²) in [5, 5.41) is 10.8. The molecule has 2 heterocycles. The van der Waals surface area contributed by atoms with Crippen molar-refractivity contribution in [3.05, 3.63) is 54.3 Å². The quantitative estimate of drug-likeness (QED) is 0.544. The third-order valence-corrected chi connectivity index (χ3v) is 4.42. The summed E-state index contributed by atoms with van der Waals surface area (Å²) in [5.41, 5.74) is 2.77. The number of rotatable bonds is 3. The van der Waals surface area contributed by atoms with E-state index in [9.17, 15) is 9.59 Å². The molecule has 0 saturated heterocycles. The minimum atomic E-state index is -0.806. The maximum absolute atomic E-state index is 12.2. The molecule has 0 bridgehead atoms. The number of hydrogen-bond donors (Lipinski definition) is 2. The normalized spacial score (nSPS) is 11.0. The van der Waals surface area contributed by atoms with E-state index in [1.807, 2.05) is 24.3 Å². The van der Waals surface area contributed by atoms with Crippen molar-refractivity contribution < 1.29 is 14.1 Å². The van der Waals surface area contributed by atoms with Crippen molar-refractivity contribution in [3.8, 4) is 0 Å². The highest BCUT2D eigenvalue weighted by molar-refractivity contribution is 6.43. The van der Waals surface area contributed by atoms with Crippen LogP contribution in [0.5, 0.6) is 0 Å². The second-order valence-electron chi connectivity index (χ2n) is 6.22. The third-order valence-electron chi connectivity index (χ3n) is 4.42. The van der Waals surface area contributed by atoms with Crippen LogP contribution in [0.3, 0.4) is 0 Å². The van der Waals surface area contributed by atoms with Crippen molar-refractivity contribution in [1.82, 2.24) is 9.72 Å². The van der Waals surface area contributed by atoms with E-state index in [0.717, 1.165) is 28.4 Å². The number of nitrogens with zero attached hydrogens (tertiary/aromatic N) is 2. The number of benzene rings is 2. The van der Waals surface area contributed by atoms with Gasteiger partial charge in [-0.05, 0) is 38.1 Å². The average molecular weight is 362 g/mol. The maximum Gasteiger partial charge on any atom is 0.315 e. The van der Waals surface area contributed by atoms with Gasteiger partial charge in [-0.25, -0.2) is 0 Å². The number of anilines is 2. The predicted octanol–water partition coefficient (Wildman–Crippen LogP) is 3.69. The van der Waals surface area contributed by atoms with Crippen LogP contribution in [0.1, 0.15) is 12.7 Å². The molecule has 0 fully saturated rings. The highest BCUT2D eigenvalue weighted by atomic mass is 16.5. The molecule has 0 spiro atoms. The molecule has 136 valence electrons. The lowest BCUT2D eigenvalue weighted by Crippen LogP contribution is -2.29. The fourth-order valence-electron chi connectivity index (χ4n) is 3.26. The number of carbonyl (C=O) groups excluding carboxylic acids is 2. The first-order valence-electron chi connectivity index (χ1n) is 8.63. The number of para-hydroxylation sites is 1. The van der Waals surface area contributed by atoms with Crippen LogP contribution in [-0.2, 0) is 16.1 Å². The van der Waals surface area contributed by atoms with Crippen LogP contribution >= 0.6 is 0 Å². The van der Waals surface area contributed by atoms with Gasteiger partial charge in [-0.3, -0.25) is 14.9 Å². The molecule has 0 unspecified atom stereocenters. The van der Waals surface area contributed by atoms with Crippen molar-refractivity contribution in [1.29, 1.82) is 0 Å². The zero-order valence-electron chi connectivity index (χ0n) is 14.9. The van der Waals surface area contributed by atoms with Gasteiger partial charge in [0, 0.05) is 40.1 Å². The van der Waals surface area contributed by atoms with Gasteiger partial charge in [0.05, 0.1) is 0 Å². The number of fused-ring (bicyclic) bond motifs is 3. The summed E-state index contributed by atoms with van der Waals surface area (Å²) in [6.07, 6.45) is 0. The van der Waals surface area contributed by atoms with Gasteiger partial charge in [0.2, 0.25) is 0 Å². The minimum Gasteiger partial charge on any atom is -0.360 e. The van der Waals surface area contributed by atoms with Crippen LogP contribution in [-0.4, -0.2) is 21.5 Å². The maximum atomic E-state index is 12.2. The number of aromatic nitrogens is 2. The summed E-state index contributed by atoms with van der Waals surface area (Å²) in [6, 6.07) is 15.3. The highest BCUT2D eigenvalue weighted by Crippen LogP contribution is 2.30. The Kier molecular flexibility index (Phi) is 4.12. The number of aryl methyl sites for hydroxylation is 2. The molecule has 0 saturated carbocycles. The van der Waals surface area contributed by atoms with E-state index in [-0.39, 0.29) is 5.82 Å². The molecule has 2 amide bonds. The number of carbonyl (C=O) groups is 2. The largest absolute Gasteiger partial charge is 0.360 e. The Morgan fingerprint density at radius 1 is 1.00 bits per heavy atom. The van der Waals surface area contributed by atoms with E-state index in [1.165, 1.54) is 6.07 Å². The molecule has 2 aromatic carbocycles. The molecule has 4 rings (SSSR count). The zero-order valence-corrected chi connectivity index (χ0v) is 14.9. The third kappa shape index (κ3) is 3.03. The summed E-state index contributed by atoms with van der Waals surface area (Å²) in [7, 11) is 0. The van der Waals surface area contributed by atoms with Crippen LogP contribution in [0.4, 0.5) is 11.5 Å². The molecular weight excluding hydrogens is 344 g/mol. The Hall–Kier alpha value is -3.61. The number of amides is 2. The topological polar surface area (TPSA) is 89.2 Å². The number of hydrogen-bond acceptors (Lipinski definition) is 4. The molecule has 4 aromatic rings. The summed E-state index contributed by atoms with van der Waals surface area (Å²) >= 11 is 0. The molecular formula is C20H18N4O3. The fourth-order valence-corrected chi connectivity index (χ4v) is 3.26. The van der Waals surface area contributed by atoms with Crippen LogP contribution in [0.2, 0.25) is 0 Å². The monoisotopic (exact) mass is 362 g/mol. The molecule has 2 aromatic heterocycles. The average Bonchev–Trinajstić information content (AvgIpc) is 3.22. The van der Waals surface area contributed by atoms with Crippen molar-refractivity contribution >= 4 is 45.1 Å². The Balaban J connectivity index is 1.61. The van der Waals surface area contributed by atoms with Crippen LogP contribution in [0, 0.1) is 6.92 Å². The second kappa shape index (κ2) is 6.60. The van der Waals surface area contributed by atoms with E-state index in [0.29, 0.717) is 11.4 Å². The van der Waals surface area contributed by atoms with Gasteiger partial charge < -0.3 is 14.4 Å². The molecule has 27 heavy (non-hydrogen) atoms. The van der Waals surface area contributed by atoms with E-state index in [1.54, 1.807) is 13.0 Å². The van der Waals surface area contributed by atoms with Gasteiger partial charge in [-0.2, -0.15) is 0 Å². The molecule has 7 nitrogen and oxygen atoms in total. The minimum absolute atomic E-state index is 0.203. The van der Waals surface area contributed by atoms with Crippen LogP contribution in [0.15, 0.2) is 53.1 Å². The fraction of sp³-hybridized carbons (Fsp3) is 0.150. The highest BCUT2D eigenvalue weighted by Gasteiger charge is 2.17. The van der Waals surface area contributed by atoms with Gasteiger partial charge in [0.25, 0.3) is 0 Å². The lowest BCUT2D eigenvalue weighted by atomic mass is 10.1. The smallest absolute Gasteiger partial charge is 0.315 e. The Morgan fingerprint density at radius 2 is 1.74 bits per heavy atom. The van der Waals surface area contributed by atoms with Gasteiger partial charge in [-0.1, -0.05) is 23.4 Å². The van der Waals surface area contributed by atoms with Crippen molar-refractivity contribution in [2.24, 2.45) is 0 Å². The Morgan fingerprint density at radius 3 is 2.48 bits per heavy atom. The molecule has 0 aliphatic carbocycles. The Bertz CT molecular complexity index is 1170. The van der Waals surface area contributed by atoms with Crippen molar-refractivity contribution in [3.63, 3.8) is 0 Å². The van der Waals surface area contributed by atoms with Gasteiger partial charge in [-0.15, -0.1) is 0 Å². The lowest BCUT2D eigenvalue weighted by molar-refractivity contribution is -0.133.